The van der Waals surface area contributed by atoms with Gasteiger partial charge in [-0.25, -0.2) is 0 Å². The Morgan fingerprint density at radius 3 is 2.61 bits per heavy atom. The Balaban J connectivity index is 0.00000484. The summed E-state index contributed by atoms with van der Waals surface area (Å²) in [6.45, 7) is 0.945. The highest BCUT2D eigenvalue weighted by molar-refractivity contribution is 14.0. The van der Waals surface area contributed by atoms with Crippen LogP contribution < -0.4 is 15.8 Å². The molecule has 0 aliphatic heterocycles. The third-order valence-corrected chi connectivity index (χ3v) is 2.34. The van der Waals surface area contributed by atoms with E-state index in [1.807, 2.05) is 0 Å². The number of nitrogens with zero attached hydrogens (tertiary/aromatic N) is 1. The number of aliphatic hydroxyl groups is 1. The topological polar surface area (TPSA) is 89.1 Å². The van der Waals surface area contributed by atoms with Crippen LogP contribution in [0.3, 0.4) is 0 Å². The maximum atomic E-state index is 12.3. The Bertz CT molecular complexity index is 487. The number of para-hydroxylation sites is 2. The molecule has 0 fully saturated rings. The van der Waals surface area contributed by atoms with Crippen molar-refractivity contribution in [3.8, 4) is 5.75 Å². The monoisotopic (exact) mass is 449 g/mol. The van der Waals surface area contributed by atoms with Crippen molar-refractivity contribution in [2.75, 3.05) is 31.7 Å². The van der Waals surface area contributed by atoms with Gasteiger partial charge in [-0.15, -0.1) is 37.1 Å². The van der Waals surface area contributed by atoms with Gasteiger partial charge in [0, 0.05) is 13.2 Å². The molecule has 0 unspecified atom stereocenters. The Morgan fingerprint density at radius 1 is 1.26 bits per heavy atom. The predicted molar refractivity (Wildman–Crippen MR) is 91.2 cm³/mol. The van der Waals surface area contributed by atoms with E-state index < -0.39 is 6.36 Å². The Kier molecular flexibility index (Phi) is 10.7. The molecule has 1 aromatic rings. The number of guanidine groups is 1. The molecule has 23 heavy (non-hydrogen) atoms. The lowest BCUT2D eigenvalue weighted by atomic mass is 10.3. The molecule has 1 aromatic carbocycles. The van der Waals surface area contributed by atoms with Crippen molar-refractivity contribution in [2.45, 2.75) is 12.8 Å². The number of hydrogen-bond donors (Lipinski definition) is 3. The summed E-state index contributed by atoms with van der Waals surface area (Å²) in [5.74, 6) is -0.417. The fourth-order valence-corrected chi connectivity index (χ4v) is 1.49. The average Bonchev–Trinajstić information content (AvgIpc) is 2.43. The minimum atomic E-state index is -4.78. The van der Waals surface area contributed by atoms with Gasteiger partial charge in [0.25, 0.3) is 0 Å². The van der Waals surface area contributed by atoms with Gasteiger partial charge in [-0.05, 0) is 18.6 Å². The van der Waals surface area contributed by atoms with E-state index in [0.29, 0.717) is 19.6 Å². The van der Waals surface area contributed by atoms with Crippen LogP contribution in [0.4, 0.5) is 18.9 Å². The summed E-state index contributed by atoms with van der Waals surface area (Å²) in [6.07, 6.45) is -4.21. The summed E-state index contributed by atoms with van der Waals surface area (Å²) in [5.41, 5.74) is 5.67. The quantitative estimate of drug-likeness (QED) is 0.246. The fraction of sp³-hybridized carbons (Fsp3) is 0.462. The molecule has 0 aliphatic carbocycles. The zero-order chi connectivity index (χ0) is 16.4. The smallest absolute Gasteiger partial charge is 0.404 e. The van der Waals surface area contributed by atoms with Crippen LogP contribution in [0.5, 0.6) is 5.75 Å². The van der Waals surface area contributed by atoms with Crippen molar-refractivity contribution >= 4 is 35.6 Å². The Hall–Kier alpha value is -1.27. The second-order valence-corrected chi connectivity index (χ2v) is 4.13. The van der Waals surface area contributed by atoms with Crippen LogP contribution in [0.2, 0.25) is 0 Å². The molecule has 0 saturated carbocycles. The molecule has 0 saturated heterocycles. The van der Waals surface area contributed by atoms with Crippen LogP contribution in [0.15, 0.2) is 29.3 Å². The first-order valence-electron chi connectivity index (χ1n) is 6.52. The molecule has 1 rings (SSSR count). The van der Waals surface area contributed by atoms with Crippen LogP contribution >= 0.6 is 24.0 Å². The number of nitrogens with one attached hydrogen (secondary N) is 1. The summed E-state index contributed by atoms with van der Waals surface area (Å²) in [5, 5.41) is 11.1. The van der Waals surface area contributed by atoms with Crippen molar-refractivity contribution in [3.63, 3.8) is 0 Å². The highest BCUT2D eigenvalue weighted by atomic mass is 127. The number of aliphatic imine (C=N–C) groups is 1. The molecule has 132 valence electrons. The number of ether oxygens (including phenoxy) is 2. The second-order valence-electron chi connectivity index (χ2n) is 4.13. The highest BCUT2D eigenvalue weighted by Crippen LogP contribution is 2.29. The molecular formula is C13H19F3IN3O3. The first-order chi connectivity index (χ1) is 10.4. The molecule has 0 spiro atoms. The van der Waals surface area contributed by atoms with Gasteiger partial charge in [0.05, 0.1) is 18.9 Å². The minimum Gasteiger partial charge on any atom is -0.404 e. The summed E-state index contributed by atoms with van der Waals surface area (Å²) in [7, 11) is 0. The van der Waals surface area contributed by atoms with Gasteiger partial charge in [0.2, 0.25) is 0 Å². The fourth-order valence-electron chi connectivity index (χ4n) is 1.49. The van der Waals surface area contributed by atoms with E-state index in [4.69, 9.17) is 15.6 Å². The molecule has 10 heteroatoms. The maximum Gasteiger partial charge on any atom is 0.573 e. The molecule has 4 N–H and O–H groups in total. The Morgan fingerprint density at radius 2 is 1.96 bits per heavy atom. The average molecular weight is 449 g/mol. The summed E-state index contributed by atoms with van der Waals surface area (Å²) in [4.78, 5) is 3.96. The van der Waals surface area contributed by atoms with Gasteiger partial charge < -0.3 is 25.6 Å². The number of benzene rings is 1. The predicted octanol–water partition coefficient (Wildman–Crippen LogP) is 2.33. The molecule has 0 heterocycles. The molecule has 0 aliphatic rings. The lowest BCUT2D eigenvalue weighted by molar-refractivity contribution is -0.274. The molecule has 0 bridgehead atoms. The summed E-state index contributed by atoms with van der Waals surface area (Å²) in [6, 6.07) is 5.53. The van der Waals surface area contributed by atoms with Gasteiger partial charge in [0.15, 0.2) is 11.7 Å². The number of halogens is 4. The van der Waals surface area contributed by atoms with Crippen LogP contribution in [0, 0.1) is 0 Å². The van der Waals surface area contributed by atoms with E-state index in [-0.39, 0.29) is 54.6 Å². The maximum absolute atomic E-state index is 12.3. The largest absolute Gasteiger partial charge is 0.573 e. The lowest BCUT2D eigenvalue weighted by Crippen LogP contribution is -2.24. The van der Waals surface area contributed by atoms with Crippen LogP contribution in [-0.4, -0.2) is 43.8 Å². The SMILES string of the molecule is I.NC(=NCCCOCCO)Nc1ccccc1OC(F)(F)F. The molecule has 0 aromatic heterocycles. The first kappa shape index (κ1) is 21.7. The van der Waals surface area contributed by atoms with Gasteiger partial charge in [-0.2, -0.15) is 0 Å². The molecule has 6 nitrogen and oxygen atoms in total. The molecule has 0 atom stereocenters. The van der Waals surface area contributed by atoms with E-state index >= 15 is 0 Å². The zero-order valence-electron chi connectivity index (χ0n) is 12.2. The number of rotatable bonds is 8. The second kappa shape index (κ2) is 11.3. The van der Waals surface area contributed by atoms with Crippen LogP contribution in [0.25, 0.3) is 0 Å². The van der Waals surface area contributed by atoms with E-state index in [0.717, 1.165) is 0 Å². The van der Waals surface area contributed by atoms with Gasteiger partial charge in [0.1, 0.15) is 0 Å². The number of aliphatic hydroxyl groups excluding tert-OH is 1. The van der Waals surface area contributed by atoms with E-state index in [9.17, 15) is 13.2 Å². The van der Waals surface area contributed by atoms with Crippen molar-refractivity contribution < 1.29 is 27.8 Å². The number of hydrogen-bond acceptors (Lipinski definition) is 4. The van der Waals surface area contributed by atoms with Crippen LogP contribution in [-0.2, 0) is 4.74 Å². The number of alkyl halides is 3. The van der Waals surface area contributed by atoms with Gasteiger partial charge >= 0.3 is 6.36 Å². The van der Waals surface area contributed by atoms with Gasteiger partial charge in [-0.1, -0.05) is 12.1 Å². The zero-order valence-corrected chi connectivity index (χ0v) is 14.5. The summed E-state index contributed by atoms with van der Waals surface area (Å²) < 4.78 is 45.7. The van der Waals surface area contributed by atoms with Crippen molar-refractivity contribution in [1.29, 1.82) is 0 Å². The van der Waals surface area contributed by atoms with E-state index in [1.165, 1.54) is 18.2 Å². The van der Waals surface area contributed by atoms with E-state index in [2.05, 4.69) is 15.0 Å². The third-order valence-electron chi connectivity index (χ3n) is 2.34. The molecule has 0 amide bonds. The number of nitrogens with two attached hydrogens (primary N) is 1. The highest BCUT2D eigenvalue weighted by Gasteiger charge is 2.32. The van der Waals surface area contributed by atoms with Crippen LogP contribution in [0.1, 0.15) is 6.42 Å². The Labute approximate surface area is 148 Å². The van der Waals surface area contributed by atoms with E-state index in [1.54, 1.807) is 6.07 Å². The lowest BCUT2D eigenvalue weighted by Gasteiger charge is -2.14. The molecular weight excluding hydrogens is 430 g/mol. The summed E-state index contributed by atoms with van der Waals surface area (Å²) >= 11 is 0. The number of anilines is 1. The van der Waals surface area contributed by atoms with Crippen molar-refractivity contribution in [3.05, 3.63) is 24.3 Å². The van der Waals surface area contributed by atoms with Crippen molar-refractivity contribution in [2.24, 2.45) is 10.7 Å². The molecule has 0 radical (unpaired) electrons. The third kappa shape index (κ3) is 10.2. The van der Waals surface area contributed by atoms with Crippen molar-refractivity contribution in [1.82, 2.24) is 0 Å². The first-order valence-corrected chi connectivity index (χ1v) is 6.52. The minimum absolute atomic E-state index is 0. The normalized spacial score (nSPS) is 11.7. The van der Waals surface area contributed by atoms with Gasteiger partial charge in [-0.3, -0.25) is 4.99 Å². The standard InChI is InChI=1S/C13H18F3N3O3.HI/c14-13(15,16)22-11-5-2-1-4-10(11)19-12(17)18-6-3-8-21-9-7-20;/h1-2,4-5,20H,3,6-9H2,(H3,17,18,19);1H.